The predicted molar refractivity (Wildman–Crippen MR) is 58.9 cm³/mol. The first-order valence-electron chi connectivity index (χ1n) is 5.76. The molecule has 0 aliphatic carbocycles. The molecule has 0 aromatic carbocycles. The fourth-order valence-electron chi connectivity index (χ4n) is 2.34. The zero-order chi connectivity index (χ0) is 9.90. The van der Waals surface area contributed by atoms with Crippen molar-refractivity contribution in [1.82, 2.24) is 4.90 Å². The Morgan fingerprint density at radius 2 is 1.85 bits per heavy atom. The highest BCUT2D eigenvalue weighted by atomic mass is 15.1. The van der Waals surface area contributed by atoms with Gasteiger partial charge in [-0.05, 0) is 50.2 Å². The molecular weight excluding hydrogens is 158 g/mol. The SMILES string of the molecule is CCN1CCCC(C(C)(C)C)CC1. The number of rotatable bonds is 1. The Morgan fingerprint density at radius 3 is 2.38 bits per heavy atom. The van der Waals surface area contributed by atoms with Crippen molar-refractivity contribution in [2.75, 3.05) is 19.6 Å². The molecule has 1 saturated heterocycles. The summed E-state index contributed by atoms with van der Waals surface area (Å²) in [6.07, 6.45) is 4.23. The highest BCUT2D eigenvalue weighted by molar-refractivity contribution is 4.78. The molecule has 1 rings (SSSR count). The minimum atomic E-state index is 0.518. The third kappa shape index (κ3) is 3.30. The molecule has 1 nitrogen and oxygen atoms in total. The summed E-state index contributed by atoms with van der Waals surface area (Å²) in [5.74, 6) is 0.934. The van der Waals surface area contributed by atoms with Crippen molar-refractivity contribution in [3.8, 4) is 0 Å². The minimum Gasteiger partial charge on any atom is -0.304 e. The summed E-state index contributed by atoms with van der Waals surface area (Å²) in [4.78, 5) is 2.59. The van der Waals surface area contributed by atoms with Crippen LogP contribution in [-0.2, 0) is 0 Å². The van der Waals surface area contributed by atoms with Crippen LogP contribution in [0.3, 0.4) is 0 Å². The maximum atomic E-state index is 2.59. The third-order valence-corrected chi connectivity index (χ3v) is 3.49. The summed E-state index contributed by atoms with van der Waals surface area (Å²) in [5.41, 5.74) is 0.518. The van der Waals surface area contributed by atoms with Gasteiger partial charge in [-0.3, -0.25) is 0 Å². The van der Waals surface area contributed by atoms with E-state index in [2.05, 4.69) is 32.6 Å². The number of likely N-dealkylation sites (tertiary alicyclic amines) is 1. The number of hydrogen-bond donors (Lipinski definition) is 0. The first-order chi connectivity index (χ1) is 6.04. The lowest BCUT2D eigenvalue weighted by Gasteiger charge is -2.29. The highest BCUT2D eigenvalue weighted by Gasteiger charge is 2.26. The van der Waals surface area contributed by atoms with Crippen molar-refractivity contribution in [2.24, 2.45) is 11.3 Å². The highest BCUT2D eigenvalue weighted by Crippen LogP contribution is 2.34. The Labute approximate surface area is 83.5 Å². The molecule has 1 heterocycles. The van der Waals surface area contributed by atoms with Crippen LogP contribution in [-0.4, -0.2) is 24.5 Å². The second-order valence-electron chi connectivity index (χ2n) is 5.43. The smallest absolute Gasteiger partial charge is 0.00160 e. The van der Waals surface area contributed by atoms with E-state index >= 15 is 0 Å². The van der Waals surface area contributed by atoms with Crippen LogP contribution >= 0.6 is 0 Å². The molecule has 1 heteroatoms. The van der Waals surface area contributed by atoms with Crippen LogP contribution in [0.1, 0.15) is 47.0 Å². The van der Waals surface area contributed by atoms with Crippen LogP contribution in [0.5, 0.6) is 0 Å². The van der Waals surface area contributed by atoms with E-state index < -0.39 is 0 Å². The van der Waals surface area contributed by atoms with E-state index in [1.54, 1.807) is 0 Å². The molecular formula is C12H25N. The third-order valence-electron chi connectivity index (χ3n) is 3.49. The first kappa shape index (κ1) is 11.0. The topological polar surface area (TPSA) is 3.24 Å². The van der Waals surface area contributed by atoms with Gasteiger partial charge < -0.3 is 4.90 Å². The average Bonchev–Trinajstić information content (AvgIpc) is 2.26. The lowest BCUT2D eigenvalue weighted by molar-refractivity contribution is 0.210. The Kier molecular flexibility index (Phi) is 3.78. The van der Waals surface area contributed by atoms with Crippen LogP contribution in [0.15, 0.2) is 0 Å². The maximum absolute atomic E-state index is 2.59. The fraction of sp³-hybridized carbons (Fsp3) is 1.00. The van der Waals surface area contributed by atoms with Gasteiger partial charge in [-0.25, -0.2) is 0 Å². The largest absolute Gasteiger partial charge is 0.304 e. The first-order valence-corrected chi connectivity index (χ1v) is 5.76. The Hall–Kier alpha value is -0.0400. The van der Waals surface area contributed by atoms with E-state index in [-0.39, 0.29) is 0 Å². The molecule has 0 bridgehead atoms. The van der Waals surface area contributed by atoms with Crippen LogP contribution in [0.25, 0.3) is 0 Å². The van der Waals surface area contributed by atoms with Gasteiger partial charge in [0.1, 0.15) is 0 Å². The Bertz CT molecular complexity index is 146. The molecule has 1 aliphatic heterocycles. The van der Waals surface area contributed by atoms with Crippen LogP contribution < -0.4 is 0 Å². The molecule has 0 N–H and O–H groups in total. The molecule has 0 amide bonds. The van der Waals surface area contributed by atoms with E-state index in [0.29, 0.717) is 5.41 Å². The number of hydrogen-bond acceptors (Lipinski definition) is 1. The van der Waals surface area contributed by atoms with Gasteiger partial charge in [0.15, 0.2) is 0 Å². The van der Waals surface area contributed by atoms with Gasteiger partial charge in [0, 0.05) is 0 Å². The summed E-state index contributed by atoms with van der Waals surface area (Å²) in [6, 6.07) is 0. The molecule has 0 saturated carbocycles. The second-order valence-corrected chi connectivity index (χ2v) is 5.43. The molecule has 0 spiro atoms. The molecule has 1 fully saturated rings. The standard InChI is InChI=1S/C12H25N/c1-5-13-9-6-7-11(8-10-13)12(2,3)4/h11H,5-10H2,1-4H3. The van der Waals surface area contributed by atoms with E-state index in [9.17, 15) is 0 Å². The monoisotopic (exact) mass is 183 g/mol. The average molecular weight is 183 g/mol. The summed E-state index contributed by atoms with van der Waals surface area (Å²) in [5, 5.41) is 0. The van der Waals surface area contributed by atoms with Crippen molar-refractivity contribution in [3.05, 3.63) is 0 Å². The van der Waals surface area contributed by atoms with Crippen LogP contribution in [0.2, 0.25) is 0 Å². The van der Waals surface area contributed by atoms with Gasteiger partial charge in [-0.15, -0.1) is 0 Å². The molecule has 13 heavy (non-hydrogen) atoms. The van der Waals surface area contributed by atoms with Gasteiger partial charge in [0.25, 0.3) is 0 Å². The van der Waals surface area contributed by atoms with E-state index in [1.165, 1.54) is 38.9 Å². The summed E-state index contributed by atoms with van der Waals surface area (Å²) in [7, 11) is 0. The number of nitrogens with zero attached hydrogens (tertiary/aromatic N) is 1. The Balaban J connectivity index is 2.45. The van der Waals surface area contributed by atoms with Crippen LogP contribution in [0, 0.1) is 11.3 Å². The van der Waals surface area contributed by atoms with Crippen LogP contribution in [0.4, 0.5) is 0 Å². The molecule has 1 atom stereocenters. The quantitative estimate of drug-likeness (QED) is 0.603. The lowest BCUT2D eigenvalue weighted by Crippen LogP contribution is -2.25. The molecule has 1 aliphatic rings. The van der Waals surface area contributed by atoms with Crippen molar-refractivity contribution in [3.63, 3.8) is 0 Å². The van der Waals surface area contributed by atoms with Gasteiger partial charge in [-0.2, -0.15) is 0 Å². The summed E-state index contributed by atoms with van der Waals surface area (Å²) >= 11 is 0. The van der Waals surface area contributed by atoms with Gasteiger partial charge >= 0.3 is 0 Å². The fourth-order valence-corrected chi connectivity index (χ4v) is 2.34. The minimum absolute atomic E-state index is 0.518. The van der Waals surface area contributed by atoms with Crippen molar-refractivity contribution in [1.29, 1.82) is 0 Å². The van der Waals surface area contributed by atoms with E-state index in [4.69, 9.17) is 0 Å². The van der Waals surface area contributed by atoms with Crippen molar-refractivity contribution in [2.45, 2.75) is 47.0 Å². The summed E-state index contributed by atoms with van der Waals surface area (Å²) < 4.78 is 0. The normalized spacial score (nSPS) is 27.2. The zero-order valence-corrected chi connectivity index (χ0v) is 9.77. The molecule has 0 aromatic heterocycles. The molecule has 0 aromatic rings. The summed E-state index contributed by atoms with van der Waals surface area (Å²) in [6.45, 7) is 13.3. The zero-order valence-electron chi connectivity index (χ0n) is 9.77. The van der Waals surface area contributed by atoms with Gasteiger partial charge in [0.2, 0.25) is 0 Å². The van der Waals surface area contributed by atoms with Crippen molar-refractivity contribution < 1.29 is 0 Å². The Morgan fingerprint density at radius 1 is 1.15 bits per heavy atom. The molecule has 78 valence electrons. The molecule has 0 radical (unpaired) electrons. The second kappa shape index (κ2) is 4.45. The predicted octanol–water partition coefficient (Wildman–Crippen LogP) is 3.15. The van der Waals surface area contributed by atoms with E-state index in [1.807, 2.05) is 0 Å². The van der Waals surface area contributed by atoms with Gasteiger partial charge in [-0.1, -0.05) is 27.7 Å². The lowest BCUT2D eigenvalue weighted by atomic mass is 9.77. The maximum Gasteiger partial charge on any atom is -0.00160 e. The van der Waals surface area contributed by atoms with E-state index in [0.717, 1.165) is 5.92 Å². The van der Waals surface area contributed by atoms with Gasteiger partial charge in [0.05, 0.1) is 0 Å². The van der Waals surface area contributed by atoms with Crippen molar-refractivity contribution >= 4 is 0 Å². The molecule has 1 unspecified atom stereocenters.